The number of nitrogens with one attached hydrogen (secondary N) is 1. The van der Waals surface area contributed by atoms with Crippen LogP contribution in [0.15, 0.2) is 29.4 Å². The van der Waals surface area contributed by atoms with Crippen molar-refractivity contribution in [3.63, 3.8) is 0 Å². The Morgan fingerprint density at radius 1 is 1.73 bits per heavy atom. The molecule has 11 heavy (non-hydrogen) atoms. The number of hydrogen-bond donors (Lipinski definition) is 1. The summed E-state index contributed by atoms with van der Waals surface area (Å²) in [6.45, 7) is 7.65. The summed E-state index contributed by atoms with van der Waals surface area (Å²) in [5.74, 6) is 0.910. The first-order valence-corrected chi connectivity index (χ1v) is 3.53. The zero-order chi connectivity index (χ0) is 8.27. The molecule has 0 aromatic carbocycles. The van der Waals surface area contributed by atoms with E-state index in [4.69, 9.17) is 0 Å². The molecule has 0 saturated carbocycles. The van der Waals surface area contributed by atoms with Crippen LogP contribution in [0.5, 0.6) is 0 Å². The lowest BCUT2D eigenvalue weighted by atomic mass is 10.3. The molecule has 0 saturated heterocycles. The van der Waals surface area contributed by atoms with Crippen molar-refractivity contribution in [2.24, 2.45) is 4.99 Å². The molecule has 0 aliphatic heterocycles. The lowest BCUT2D eigenvalue weighted by Crippen LogP contribution is -1.73. The molecule has 58 valence electrons. The normalized spacial score (nSPS) is 10.7. The van der Waals surface area contributed by atoms with Crippen molar-refractivity contribution in [2.75, 3.05) is 0 Å². The number of aromatic nitrogens is 1. The van der Waals surface area contributed by atoms with Crippen LogP contribution in [-0.2, 0) is 0 Å². The fourth-order valence-corrected chi connectivity index (χ4v) is 0.752. The zero-order valence-electron chi connectivity index (χ0n) is 6.89. The van der Waals surface area contributed by atoms with Crippen molar-refractivity contribution < 1.29 is 0 Å². The average Bonchev–Trinajstić information content (AvgIpc) is 2.31. The summed E-state index contributed by atoms with van der Waals surface area (Å²) in [6, 6.07) is 1.99. The van der Waals surface area contributed by atoms with E-state index in [1.54, 1.807) is 6.21 Å². The van der Waals surface area contributed by atoms with Gasteiger partial charge >= 0.3 is 0 Å². The van der Waals surface area contributed by atoms with Gasteiger partial charge in [-0.05, 0) is 31.1 Å². The van der Waals surface area contributed by atoms with E-state index in [0.29, 0.717) is 0 Å². The minimum absolute atomic E-state index is 0.910. The van der Waals surface area contributed by atoms with Gasteiger partial charge in [0.05, 0.1) is 0 Å². The van der Waals surface area contributed by atoms with E-state index in [-0.39, 0.29) is 0 Å². The van der Waals surface area contributed by atoms with Gasteiger partial charge < -0.3 is 4.98 Å². The van der Waals surface area contributed by atoms with Crippen molar-refractivity contribution in [2.45, 2.75) is 13.8 Å². The second kappa shape index (κ2) is 3.19. The van der Waals surface area contributed by atoms with Crippen molar-refractivity contribution in [3.05, 3.63) is 30.0 Å². The summed E-state index contributed by atoms with van der Waals surface area (Å²) in [5, 5.41) is 0. The fourth-order valence-electron chi connectivity index (χ4n) is 0.752. The van der Waals surface area contributed by atoms with Gasteiger partial charge in [0.2, 0.25) is 0 Å². The number of aliphatic imine (C=N–C) groups is 1. The molecule has 0 unspecified atom stereocenters. The Kier molecular flexibility index (Phi) is 2.26. The fraction of sp³-hybridized carbons (Fsp3) is 0.222. The summed E-state index contributed by atoms with van der Waals surface area (Å²) in [7, 11) is 0. The molecule has 1 rings (SSSR count). The van der Waals surface area contributed by atoms with Crippen LogP contribution in [0, 0.1) is 6.92 Å². The smallest absolute Gasteiger partial charge is 0.132 e. The number of aromatic amines is 1. The van der Waals surface area contributed by atoms with Gasteiger partial charge in [0.25, 0.3) is 0 Å². The molecule has 0 aliphatic carbocycles. The maximum absolute atomic E-state index is 4.19. The SMILES string of the molecule is C=C(C)/C=N\c1[nH]ccc1C. The lowest BCUT2D eigenvalue weighted by molar-refractivity contribution is 1.31. The molecule has 0 atom stereocenters. The molecule has 0 amide bonds. The summed E-state index contributed by atoms with van der Waals surface area (Å²) in [6.07, 6.45) is 3.62. The molecule has 0 spiro atoms. The topological polar surface area (TPSA) is 28.1 Å². The Hall–Kier alpha value is -1.31. The third-order valence-electron chi connectivity index (χ3n) is 1.34. The van der Waals surface area contributed by atoms with Crippen LogP contribution in [-0.4, -0.2) is 11.2 Å². The second-order valence-electron chi connectivity index (χ2n) is 2.61. The van der Waals surface area contributed by atoms with Crippen molar-refractivity contribution in [1.82, 2.24) is 4.98 Å². The predicted molar refractivity (Wildman–Crippen MR) is 48.5 cm³/mol. The van der Waals surface area contributed by atoms with E-state index >= 15 is 0 Å². The molecule has 2 nitrogen and oxygen atoms in total. The molecule has 0 fully saturated rings. The minimum atomic E-state index is 0.910. The van der Waals surface area contributed by atoms with Gasteiger partial charge in [-0.15, -0.1) is 0 Å². The van der Waals surface area contributed by atoms with Gasteiger partial charge in [0.1, 0.15) is 5.82 Å². The quantitative estimate of drug-likeness (QED) is 0.624. The third-order valence-corrected chi connectivity index (χ3v) is 1.34. The Morgan fingerprint density at radius 2 is 2.45 bits per heavy atom. The van der Waals surface area contributed by atoms with E-state index in [9.17, 15) is 0 Å². The van der Waals surface area contributed by atoms with Crippen LogP contribution in [0.4, 0.5) is 5.82 Å². The van der Waals surface area contributed by atoms with Crippen molar-refractivity contribution in [1.29, 1.82) is 0 Å². The molecule has 1 aromatic rings. The summed E-state index contributed by atoms with van der Waals surface area (Å²) in [5.41, 5.74) is 2.11. The first-order chi connectivity index (χ1) is 5.20. The Bertz CT molecular complexity index is 282. The number of aryl methyl sites for hydroxylation is 1. The van der Waals surface area contributed by atoms with Gasteiger partial charge in [-0.1, -0.05) is 6.58 Å². The van der Waals surface area contributed by atoms with Crippen LogP contribution in [0.2, 0.25) is 0 Å². The van der Waals surface area contributed by atoms with Crippen molar-refractivity contribution >= 4 is 12.0 Å². The first kappa shape index (κ1) is 7.79. The maximum Gasteiger partial charge on any atom is 0.132 e. The van der Waals surface area contributed by atoms with E-state index < -0.39 is 0 Å². The van der Waals surface area contributed by atoms with Crippen LogP contribution in [0.25, 0.3) is 0 Å². The predicted octanol–water partition coefficient (Wildman–Crippen LogP) is 2.60. The molecule has 0 radical (unpaired) electrons. The highest BCUT2D eigenvalue weighted by Gasteiger charge is 1.92. The van der Waals surface area contributed by atoms with Gasteiger partial charge in [-0.2, -0.15) is 0 Å². The van der Waals surface area contributed by atoms with Crippen molar-refractivity contribution in [3.8, 4) is 0 Å². The van der Waals surface area contributed by atoms with E-state index in [0.717, 1.165) is 17.0 Å². The molecular weight excluding hydrogens is 136 g/mol. The van der Waals surface area contributed by atoms with E-state index in [1.807, 2.05) is 26.1 Å². The standard InChI is InChI=1S/C9H12N2/c1-7(2)6-11-9-8(3)4-5-10-9/h4-6,10H,1H2,2-3H3/b11-6-. The summed E-state index contributed by atoms with van der Waals surface area (Å²) >= 11 is 0. The Morgan fingerprint density at radius 3 is 2.91 bits per heavy atom. The second-order valence-corrected chi connectivity index (χ2v) is 2.61. The van der Waals surface area contributed by atoms with E-state index in [2.05, 4.69) is 16.6 Å². The van der Waals surface area contributed by atoms with Gasteiger partial charge in [0, 0.05) is 12.4 Å². The molecule has 1 heterocycles. The Labute approximate surface area is 66.7 Å². The van der Waals surface area contributed by atoms with E-state index in [1.165, 1.54) is 0 Å². The Balaban J connectivity index is 2.79. The largest absolute Gasteiger partial charge is 0.346 e. The maximum atomic E-state index is 4.19. The molecule has 0 bridgehead atoms. The van der Waals surface area contributed by atoms with Gasteiger partial charge in [-0.3, -0.25) is 0 Å². The lowest BCUT2D eigenvalue weighted by Gasteiger charge is -1.89. The van der Waals surface area contributed by atoms with Gasteiger partial charge in [-0.25, -0.2) is 4.99 Å². The highest BCUT2D eigenvalue weighted by Crippen LogP contribution is 2.13. The molecule has 0 aliphatic rings. The molecular formula is C9H12N2. The van der Waals surface area contributed by atoms with Crippen LogP contribution in [0.1, 0.15) is 12.5 Å². The molecule has 2 heteroatoms. The van der Waals surface area contributed by atoms with Crippen LogP contribution >= 0.6 is 0 Å². The molecule has 1 aromatic heterocycles. The summed E-state index contributed by atoms with van der Waals surface area (Å²) in [4.78, 5) is 7.21. The minimum Gasteiger partial charge on any atom is -0.346 e. The number of nitrogens with zero attached hydrogens (tertiary/aromatic N) is 1. The summed E-state index contributed by atoms with van der Waals surface area (Å²) < 4.78 is 0. The van der Waals surface area contributed by atoms with Gasteiger partial charge in [0.15, 0.2) is 0 Å². The molecule has 1 N–H and O–H groups in total. The highest BCUT2D eigenvalue weighted by atomic mass is 14.9. The highest BCUT2D eigenvalue weighted by molar-refractivity contribution is 5.79. The monoisotopic (exact) mass is 148 g/mol. The number of hydrogen-bond acceptors (Lipinski definition) is 1. The third kappa shape index (κ3) is 2.08. The van der Waals surface area contributed by atoms with Crippen LogP contribution in [0.3, 0.4) is 0 Å². The number of H-pyrrole nitrogens is 1. The zero-order valence-corrected chi connectivity index (χ0v) is 6.89. The average molecular weight is 148 g/mol. The number of rotatable bonds is 2. The number of allylic oxidation sites excluding steroid dienone is 1. The van der Waals surface area contributed by atoms with Crippen LogP contribution < -0.4 is 0 Å². The first-order valence-electron chi connectivity index (χ1n) is 3.53.